The van der Waals surface area contributed by atoms with Crippen molar-refractivity contribution >= 4 is 16.5 Å². The molecule has 0 aliphatic carbocycles. The van der Waals surface area contributed by atoms with E-state index in [0.717, 1.165) is 6.04 Å². The van der Waals surface area contributed by atoms with Crippen LogP contribution in [0.5, 0.6) is 0 Å². The fraction of sp³-hybridized carbons (Fsp3) is 0.375. The van der Waals surface area contributed by atoms with Gasteiger partial charge in [-0.25, -0.2) is 0 Å². The number of rotatable bonds is 1. The Hall–Kier alpha value is -1.54. The van der Waals surface area contributed by atoms with E-state index >= 15 is 0 Å². The Bertz CT molecular complexity index is 623. The molecule has 2 aliphatic rings. The van der Waals surface area contributed by atoms with Gasteiger partial charge < -0.3 is 4.98 Å². The van der Waals surface area contributed by atoms with Crippen molar-refractivity contribution in [1.82, 2.24) is 9.88 Å². The standard InChI is InChI=1S/C16H18N2/c1-18-12-6-7-13(18)9-11(8-12)15-10-17-16-5-3-2-4-14(15)16/h2-5,8,10,12-13,17H,6-7,9H2,1H3/t12-,13+/m1/s1. The lowest BCUT2D eigenvalue weighted by atomic mass is 9.95. The summed E-state index contributed by atoms with van der Waals surface area (Å²) < 4.78 is 0. The molecular formula is C16H18N2. The molecule has 2 aliphatic heterocycles. The quantitative estimate of drug-likeness (QED) is 0.806. The predicted molar refractivity (Wildman–Crippen MR) is 75.5 cm³/mol. The fourth-order valence-corrected chi connectivity index (χ4v) is 3.58. The van der Waals surface area contributed by atoms with Crippen molar-refractivity contribution in [3.63, 3.8) is 0 Å². The molecule has 0 unspecified atom stereocenters. The van der Waals surface area contributed by atoms with Crippen molar-refractivity contribution in [2.75, 3.05) is 7.05 Å². The first-order valence-electron chi connectivity index (χ1n) is 6.82. The van der Waals surface area contributed by atoms with Gasteiger partial charge in [-0.15, -0.1) is 0 Å². The summed E-state index contributed by atoms with van der Waals surface area (Å²) >= 11 is 0. The minimum Gasteiger partial charge on any atom is -0.361 e. The Morgan fingerprint density at radius 2 is 2.11 bits per heavy atom. The number of nitrogens with zero attached hydrogens (tertiary/aromatic N) is 1. The summed E-state index contributed by atoms with van der Waals surface area (Å²) in [6, 6.07) is 10.0. The number of likely N-dealkylation sites (N-methyl/N-ethyl adjacent to an activating group) is 1. The van der Waals surface area contributed by atoms with Gasteiger partial charge in [0.05, 0.1) is 0 Å². The minimum atomic E-state index is 0.660. The Morgan fingerprint density at radius 3 is 3.00 bits per heavy atom. The molecule has 1 aromatic carbocycles. The Morgan fingerprint density at radius 1 is 1.22 bits per heavy atom. The van der Waals surface area contributed by atoms with Crippen molar-refractivity contribution in [2.24, 2.45) is 0 Å². The highest BCUT2D eigenvalue weighted by Crippen LogP contribution is 2.39. The molecule has 2 aromatic rings. The molecular weight excluding hydrogens is 220 g/mol. The maximum absolute atomic E-state index is 3.39. The number of benzene rings is 1. The number of para-hydroxylation sites is 1. The number of aromatic amines is 1. The second-order valence-electron chi connectivity index (χ2n) is 5.61. The third kappa shape index (κ3) is 1.39. The van der Waals surface area contributed by atoms with Crippen LogP contribution in [0.25, 0.3) is 16.5 Å². The number of H-pyrrole nitrogens is 1. The summed E-state index contributed by atoms with van der Waals surface area (Å²) in [6.45, 7) is 0. The molecule has 92 valence electrons. The van der Waals surface area contributed by atoms with Gasteiger partial charge in [0.15, 0.2) is 0 Å². The maximum atomic E-state index is 3.39. The van der Waals surface area contributed by atoms with Gasteiger partial charge in [-0.2, -0.15) is 0 Å². The van der Waals surface area contributed by atoms with E-state index in [1.807, 2.05) is 0 Å². The van der Waals surface area contributed by atoms with Crippen LogP contribution in [0.4, 0.5) is 0 Å². The zero-order chi connectivity index (χ0) is 12.1. The van der Waals surface area contributed by atoms with Crippen molar-refractivity contribution in [3.8, 4) is 0 Å². The smallest absolute Gasteiger partial charge is 0.0460 e. The molecule has 0 amide bonds. The third-order valence-electron chi connectivity index (χ3n) is 4.68. The lowest BCUT2D eigenvalue weighted by Gasteiger charge is -2.30. The van der Waals surface area contributed by atoms with Gasteiger partial charge in [0.25, 0.3) is 0 Å². The molecule has 1 fully saturated rings. The molecule has 4 rings (SSSR count). The monoisotopic (exact) mass is 238 g/mol. The van der Waals surface area contributed by atoms with E-state index in [-0.39, 0.29) is 0 Å². The molecule has 18 heavy (non-hydrogen) atoms. The van der Waals surface area contributed by atoms with Gasteiger partial charge >= 0.3 is 0 Å². The molecule has 0 spiro atoms. The fourth-order valence-electron chi connectivity index (χ4n) is 3.58. The predicted octanol–water partition coefficient (Wildman–Crippen LogP) is 3.42. The molecule has 2 atom stereocenters. The van der Waals surface area contributed by atoms with E-state index in [2.05, 4.69) is 53.5 Å². The van der Waals surface area contributed by atoms with Gasteiger partial charge in [0.1, 0.15) is 0 Å². The summed E-state index contributed by atoms with van der Waals surface area (Å²) in [5.41, 5.74) is 4.20. The molecule has 0 saturated carbocycles. The lowest BCUT2D eigenvalue weighted by molar-refractivity contribution is 0.264. The van der Waals surface area contributed by atoms with Gasteiger partial charge in [0, 0.05) is 34.7 Å². The highest BCUT2D eigenvalue weighted by Gasteiger charge is 2.34. The zero-order valence-corrected chi connectivity index (χ0v) is 10.7. The van der Waals surface area contributed by atoms with Gasteiger partial charge in [-0.3, -0.25) is 4.90 Å². The summed E-state index contributed by atoms with van der Waals surface area (Å²) in [6.07, 6.45) is 8.55. The van der Waals surface area contributed by atoms with Crippen molar-refractivity contribution in [3.05, 3.63) is 42.1 Å². The van der Waals surface area contributed by atoms with Gasteiger partial charge in [-0.1, -0.05) is 24.3 Å². The van der Waals surface area contributed by atoms with Crippen LogP contribution in [0.3, 0.4) is 0 Å². The zero-order valence-electron chi connectivity index (χ0n) is 10.7. The normalized spacial score (nSPS) is 27.7. The van der Waals surface area contributed by atoms with Crippen LogP contribution in [-0.4, -0.2) is 29.0 Å². The van der Waals surface area contributed by atoms with E-state index in [1.165, 1.54) is 41.3 Å². The molecule has 2 bridgehead atoms. The maximum Gasteiger partial charge on any atom is 0.0460 e. The number of nitrogens with one attached hydrogen (secondary N) is 1. The lowest BCUT2D eigenvalue weighted by Crippen LogP contribution is -2.34. The second-order valence-corrected chi connectivity index (χ2v) is 5.61. The highest BCUT2D eigenvalue weighted by atomic mass is 15.2. The summed E-state index contributed by atoms with van der Waals surface area (Å²) in [4.78, 5) is 5.93. The first-order chi connectivity index (χ1) is 8.83. The SMILES string of the molecule is CN1[C@H]2CC[C@@H]1C=C(c1c[nH]c3ccccc13)C2. The Kier molecular flexibility index (Phi) is 2.15. The third-order valence-corrected chi connectivity index (χ3v) is 4.68. The average molecular weight is 238 g/mol. The number of aromatic nitrogens is 1. The van der Waals surface area contributed by atoms with Crippen molar-refractivity contribution in [1.29, 1.82) is 0 Å². The minimum absolute atomic E-state index is 0.660. The van der Waals surface area contributed by atoms with Crippen LogP contribution < -0.4 is 0 Å². The Labute approximate surface area is 107 Å². The van der Waals surface area contributed by atoms with Crippen LogP contribution in [0, 0.1) is 0 Å². The van der Waals surface area contributed by atoms with E-state index in [0.29, 0.717) is 6.04 Å². The number of hydrogen-bond donors (Lipinski definition) is 1. The summed E-state index contributed by atoms with van der Waals surface area (Å²) in [7, 11) is 2.27. The first kappa shape index (κ1) is 10.4. The number of hydrogen-bond acceptors (Lipinski definition) is 1. The van der Waals surface area contributed by atoms with Crippen LogP contribution in [-0.2, 0) is 0 Å². The summed E-state index contributed by atoms with van der Waals surface area (Å²) in [5, 5.41) is 1.37. The van der Waals surface area contributed by atoms with Gasteiger partial charge in [0.2, 0.25) is 0 Å². The topological polar surface area (TPSA) is 19.0 Å². The van der Waals surface area contributed by atoms with E-state index in [9.17, 15) is 0 Å². The summed E-state index contributed by atoms with van der Waals surface area (Å²) in [5.74, 6) is 0. The Balaban J connectivity index is 1.82. The molecule has 0 radical (unpaired) electrons. The van der Waals surface area contributed by atoms with Crippen LogP contribution in [0.2, 0.25) is 0 Å². The van der Waals surface area contributed by atoms with Crippen molar-refractivity contribution in [2.45, 2.75) is 31.3 Å². The van der Waals surface area contributed by atoms with E-state index in [4.69, 9.17) is 0 Å². The average Bonchev–Trinajstić information content (AvgIpc) is 2.88. The molecule has 3 heterocycles. The second kappa shape index (κ2) is 3.72. The number of fused-ring (bicyclic) bond motifs is 3. The molecule has 1 saturated heterocycles. The molecule has 1 aromatic heterocycles. The van der Waals surface area contributed by atoms with Crippen LogP contribution in [0.15, 0.2) is 36.5 Å². The van der Waals surface area contributed by atoms with E-state index < -0.39 is 0 Å². The van der Waals surface area contributed by atoms with Crippen molar-refractivity contribution < 1.29 is 0 Å². The molecule has 2 nitrogen and oxygen atoms in total. The largest absolute Gasteiger partial charge is 0.361 e. The molecule has 2 heteroatoms. The highest BCUT2D eigenvalue weighted by molar-refractivity contribution is 5.93. The van der Waals surface area contributed by atoms with Crippen LogP contribution in [0.1, 0.15) is 24.8 Å². The van der Waals surface area contributed by atoms with Gasteiger partial charge in [-0.05, 0) is 37.9 Å². The molecule has 1 N–H and O–H groups in total. The first-order valence-corrected chi connectivity index (χ1v) is 6.82. The van der Waals surface area contributed by atoms with E-state index in [1.54, 1.807) is 0 Å². The van der Waals surface area contributed by atoms with Crippen LogP contribution >= 0.6 is 0 Å².